The number of benzene rings is 5. The first kappa shape index (κ1) is 34.3. The summed E-state index contributed by atoms with van der Waals surface area (Å²) in [5.41, 5.74) is 19.3. The Hall–Kier alpha value is -6.71. The predicted octanol–water partition coefficient (Wildman–Crippen LogP) is 13.5. The molecule has 0 saturated heterocycles. The highest BCUT2D eigenvalue weighted by atomic mass is 15.2. The predicted molar refractivity (Wildman–Crippen MR) is 244 cm³/mol. The first-order chi connectivity index (χ1) is 29.2. The first-order valence-electron chi connectivity index (χ1n) is 21.4. The molecule has 3 atom stereocenters. The van der Waals surface area contributed by atoms with Gasteiger partial charge >= 0.3 is 0 Å². The molecule has 0 fully saturated rings. The number of hydrogen-bond donors (Lipinski definition) is 0. The molecule has 3 heteroatoms. The third-order valence-electron chi connectivity index (χ3n) is 13.9. The smallest absolute Gasteiger partial charge is 0.0733 e. The van der Waals surface area contributed by atoms with Gasteiger partial charge in [-0.05, 0) is 136 Å². The van der Waals surface area contributed by atoms with Crippen LogP contribution < -0.4 is 4.90 Å². The monoisotopic (exact) mass is 759 g/mol. The van der Waals surface area contributed by atoms with Crippen LogP contribution in [-0.2, 0) is 11.8 Å². The van der Waals surface area contributed by atoms with E-state index in [2.05, 4.69) is 192 Å². The van der Waals surface area contributed by atoms with Gasteiger partial charge in [0, 0.05) is 34.6 Å². The maximum atomic E-state index is 4.80. The maximum absolute atomic E-state index is 4.80. The number of pyridine rings is 1. The molecule has 59 heavy (non-hydrogen) atoms. The molecule has 4 aliphatic carbocycles. The molecule has 5 aliphatic rings. The van der Waals surface area contributed by atoms with Crippen LogP contribution in [0, 0.1) is 5.92 Å². The van der Waals surface area contributed by atoms with Gasteiger partial charge in [-0.1, -0.05) is 134 Å². The molecule has 0 N–H and O–H groups in total. The average molecular weight is 760 g/mol. The average Bonchev–Trinajstić information content (AvgIpc) is 3.92. The molecular formula is C56H45N3. The Bertz CT molecular complexity index is 2900. The molecule has 2 aromatic heterocycles. The second-order valence-electron chi connectivity index (χ2n) is 16.8. The molecule has 5 aromatic carbocycles. The lowest BCUT2D eigenvalue weighted by Crippen LogP contribution is -2.31. The van der Waals surface area contributed by atoms with Crippen LogP contribution in [0.1, 0.15) is 71.3 Å². The minimum absolute atomic E-state index is 0.240. The normalized spacial score (nSPS) is 20.4. The lowest BCUT2D eigenvalue weighted by atomic mass is 9.64. The number of rotatable bonds is 6. The highest BCUT2D eigenvalue weighted by molar-refractivity contribution is 6.00. The van der Waals surface area contributed by atoms with Gasteiger partial charge in [0.15, 0.2) is 0 Å². The molecule has 1 aliphatic heterocycles. The third kappa shape index (κ3) is 5.04. The zero-order chi connectivity index (χ0) is 39.1. The lowest BCUT2D eigenvalue weighted by Gasteiger charge is -2.37. The van der Waals surface area contributed by atoms with Crippen LogP contribution in [0.5, 0.6) is 0 Å². The van der Waals surface area contributed by atoms with E-state index in [0.29, 0.717) is 5.92 Å². The van der Waals surface area contributed by atoms with E-state index in [4.69, 9.17) is 4.98 Å². The first-order valence-corrected chi connectivity index (χ1v) is 21.4. The van der Waals surface area contributed by atoms with Gasteiger partial charge < -0.3 is 9.47 Å². The number of nitrogens with zero attached hydrogens (tertiary/aromatic N) is 3. The second-order valence-corrected chi connectivity index (χ2v) is 16.8. The molecule has 3 nitrogen and oxygen atoms in total. The van der Waals surface area contributed by atoms with Gasteiger partial charge in [0.2, 0.25) is 0 Å². The van der Waals surface area contributed by atoms with Gasteiger partial charge in [-0.2, -0.15) is 0 Å². The lowest BCUT2D eigenvalue weighted by molar-refractivity contribution is 0.570. The van der Waals surface area contributed by atoms with Crippen molar-refractivity contribution in [3.05, 3.63) is 227 Å². The van der Waals surface area contributed by atoms with E-state index in [1.165, 1.54) is 78.2 Å². The van der Waals surface area contributed by atoms with Gasteiger partial charge in [-0.25, -0.2) is 0 Å². The summed E-state index contributed by atoms with van der Waals surface area (Å²) < 4.78 is 2.54. The van der Waals surface area contributed by atoms with Crippen molar-refractivity contribution < 1.29 is 0 Å². The van der Waals surface area contributed by atoms with Crippen LogP contribution >= 0.6 is 0 Å². The van der Waals surface area contributed by atoms with Crippen molar-refractivity contribution in [1.29, 1.82) is 0 Å². The standard InChI is InChI=1S/C56H45N3/c1-2-37-23-32-44-47-35-48-45-18-9-11-20-51(45)59(54(48)36-50(47)56(49(44)34-37,40-14-5-3-6-15-40)41-16-7-4-8-17-41)43-30-26-39(27-31-43)38-24-28-42(29-25-38)58-52-21-12-10-19-46(52)55-53(58)22-13-33-57-55/h3-8,10-17,19-33,35-37,46,52H,2,9,18,34H2,1H3. The van der Waals surface area contributed by atoms with E-state index in [1.807, 2.05) is 12.3 Å². The zero-order valence-electron chi connectivity index (χ0n) is 33.3. The summed E-state index contributed by atoms with van der Waals surface area (Å²) in [6.07, 6.45) is 24.8. The maximum Gasteiger partial charge on any atom is 0.0733 e. The zero-order valence-corrected chi connectivity index (χ0v) is 33.3. The topological polar surface area (TPSA) is 21.1 Å². The minimum Gasteiger partial charge on any atom is -0.332 e. The Kier molecular flexibility index (Phi) is 7.82. The minimum atomic E-state index is -0.375. The molecule has 12 rings (SSSR count). The van der Waals surface area contributed by atoms with Gasteiger partial charge in [0.1, 0.15) is 0 Å². The summed E-state index contributed by atoms with van der Waals surface area (Å²) in [4.78, 5) is 7.24. The molecule has 3 heterocycles. The molecule has 284 valence electrons. The van der Waals surface area contributed by atoms with Crippen molar-refractivity contribution in [2.45, 2.75) is 50.0 Å². The summed E-state index contributed by atoms with van der Waals surface area (Å²) in [5, 5.41) is 1.38. The molecular weight excluding hydrogens is 715 g/mol. The molecule has 0 spiro atoms. The van der Waals surface area contributed by atoms with Gasteiger partial charge in [-0.3, -0.25) is 4.98 Å². The molecule has 0 radical (unpaired) electrons. The van der Waals surface area contributed by atoms with Crippen LogP contribution in [0.15, 0.2) is 188 Å². The van der Waals surface area contributed by atoms with E-state index in [0.717, 1.165) is 31.4 Å². The Morgan fingerprint density at radius 3 is 2.15 bits per heavy atom. The van der Waals surface area contributed by atoms with E-state index < -0.39 is 0 Å². The second kappa shape index (κ2) is 13.4. The SMILES string of the molecule is CCC1C=CC2=C(C1)C(c1ccccc1)(c1ccccc1)c1cc3c(cc12)c1c(n3-c2ccc(-c3ccc(N4c5cccnc5C5C=CC=CC54)cc3)cc2)C=CCC1. The third-order valence-corrected chi connectivity index (χ3v) is 13.9. The highest BCUT2D eigenvalue weighted by Gasteiger charge is 2.49. The molecule has 0 amide bonds. The summed E-state index contributed by atoms with van der Waals surface area (Å²) in [6.45, 7) is 2.33. The van der Waals surface area contributed by atoms with Crippen LogP contribution in [0.4, 0.5) is 11.4 Å². The van der Waals surface area contributed by atoms with Crippen molar-refractivity contribution in [2.24, 2.45) is 5.92 Å². The van der Waals surface area contributed by atoms with Crippen LogP contribution in [0.25, 0.3) is 39.4 Å². The fourth-order valence-corrected chi connectivity index (χ4v) is 11.2. The Labute approximate surface area is 346 Å². The number of aromatic nitrogens is 2. The van der Waals surface area contributed by atoms with Crippen LogP contribution in [-0.4, -0.2) is 15.6 Å². The Morgan fingerprint density at radius 1 is 0.712 bits per heavy atom. The van der Waals surface area contributed by atoms with E-state index in [1.54, 1.807) is 5.57 Å². The molecule has 0 saturated carbocycles. The van der Waals surface area contributed by atoms with Gasteiger partial charge in [-0.15, -0.1) is 0 Å². The summed E-state index contributed by atoms with van der Waals surface area (Å²) >= 11 is 0. The Morgan fingerprint density at radius 2 is 1.42 bits per heavy atom. The van der Waals surface area contributed by atoms with Crippen LogP contribution in [0.2, 0.25) is 0 Å². The Balaban J connectivity index is 0.979. The van der Waals surface area contributed by atoms with E-state index in [9.17, 15) is 0 Å². The summed E-state index contributed by atoms with van der Waals surface area (Å²) in [5.74, 6) is 0.800. The molecule has 7 aromatic rings. The van der Waals surface area contributed by atoms with Gasteiger partial charge in [0.25, 0.3) is 0 Å². The summed E-state index contributed by atoms with van der Waals surface area (Å²) in [6, 6.07) is 50.6. The number of anilines is 2. The van der Waals surface area contributed by atoms with Crippen molar-refractivity contribution >= 4 is 33.9 Å². The number of aryl methyl sites for hydroxylation is 1. The van der Waals surface area contributed by atoms with Crippen molar-refractivity contribution in [1.82, 2.24) is 9.55 Å². The fourth-order valence-electron chi connectivity index (χ4n) is 11.2. The van der Waals surface area contributed by atoms with Crippen molar-refractivity contribution in [3.8, 4) is 16.8 Å². The summed E-state index contributed by atoms with van der Waals surface area (Å²) in [7, 11) is 0. The van der Waals surface area contributed by atoms with Gasteiger partial charge in [0.05, 0.1) is 28.4 Å². The number of hydrogen-bond acceptors (Lipinski definition) is 2. The quantitative estimate of drug-likeness (QED) is 0.168. The number of allylic oxidation sites excluding steroid dienone is 7. The van der Waals surface area contributed by atoms with Crippen molar-refractivity contribution in [3.63, 3.8) is 0 Å². The number of fused-ring (bicyclic) bond motifs is 8. The molecule has 0 bridgehead atoms. The van der Waals surface area contributed by atoms with Crippen molar-refractivity contribution in [2.75, 3.05) is 4.90 Å². The largest absolute Gasteiger partial charge is 0.332 e. The fraction of sp³-hybridized carbons (Fsp3) is 0.161. The van der Waals surface area contributed by atoms with Crippen LogP contribution in [0.3, 0.4) is 0 Å². The van der Waals surface area contributed by atoms with E-state index in [-0.39, 0.29) is 17.4 Å². The highest BCUT2D eigenvalue weighted by Crippen LogP contribution is 2.59. The molecule has 3 unspecified atom stereocenters. The van der Waals surface area contributed by atoms with E-state index >= 15 is 0 Å².